The standard InChI is InChI=1S/C32H34N2O2/c1-19(2)25-11-21(5)31(35)27(13-25)17-33-29-15-23-9-7-8-10-24(23)16-30(29)34-18-28-14-26(20(3)4)12-22(6)32(28)36/h7-20,35-36H,1-6H3. The van der Waals surface area contributed by atoms with Crippen LogP contribution in [0.5, 0.6) is 11.5 Å². The van der Waals surface area contributed by atoms with Crippen LogP contribution >= 0.6 is 0 Å². The Bertz CT molecular complexity index is 1370. The topological polar surface area (TPSA) is 65.2 Å². The lowest BCUT2D eigenvalue weighted by Crippen LogP contribution is -1.94. The number of hydrogen-bond donors (Lipinski definition) is 2. The molecule has 0 aliphatic carbocycles. The molecule has 0 aliphatic heterocycles. The zero-order valence-electron chi connectivity index (χ0n) is 21.9. The molecule has 4 rings (SSSR count). The van der Waals surface area contributed by atoms with Crippen LogP contribution in [0.1, 0.15) is 72.9 Å². The Kier molecular flexibility index (Phi) is 7.25. The van der Waals surface area contributed by atoms with Gasteiger partial charge in [-0.15, -0.1) is 0 Å². The first-order valence-corrected chi connectivity index (χ1v) is 12.4. The zero-order valence-corrected chi connectivity index (χ0v) is 21.9. The second-order valence-corrected chi connectivity index (χ2v) is 10.1. The minimum atomic E-state index is 0.236. The first-order chi connectivity index (χ1) is 17.1. The predicted molar refractivity (Wildman–Crippen MR) is 152 cm³/mol. The van der Waals surface area contributed by atoms with Gasteiger partial charge in [-0.05, 0) is 83.0 Å². The zero-order chi connectivity index (χ0) is 26.0. The van der Waals surface area contributed by atoms with Crippen molar-refractivity contribution in [2.45, 2.75) is 53.4 Å². The minimum Gasteiger partial charge on any atom is -0.507 e. The van der Waals surface area contributed by atoms with Gasteiger partial charge in [-0.3, -0.25) is 9.98 Å². The molecule has 0 radical (unpaired) electrons. The van der Waals surface area contributed by atoms with Crippen molar-refractivity contribution in [3.8, 4) is 11.5 Å². The monoisotopic (exact) mass is 478 g/mol. The Labute approximate surface area is 213 Å². The second kappa shape index (κ2) is 10.4. The van der Waals surface area contributed by atoms with Crippen LogP contribution in [0.4, 0.5) is 11.4 Å². The number of fused-ring (bicyclic) bond motifs is 1. The molecule has 4 aromatic rings. The number of aryl methyl sites for hydroxylation is 2. The van der Waals surface area contributed by atoms with Crippen LogP contribution in [0.2, 0.25) is 0 Å². The molecule has 0 heterocycles. The lowest BCUT2D eigenvalue weighted by Gasteiger charge is -2.11. The van der Waals surface area contributed by atoms with E-state index in [0.29, 0.717) is 34.3 Å². The van der Waals surface area contributed by atoms with E-state index in [1.807, 2.05) is 74.5 Å². The summed E-state index contributed by atoms with van der Waals surface area (Å²) in [6, 6.07) is 20.1. The van der Waals surface area contributed by atoms with Crippen LogP contribution in [-0.4, -0.2) is 22.6 Å². The third-order valence-corrected chi connectivity index (χ3v) is 6.57. The van der Waals surface area contributed by atoms with Gasteiger partial charge in [0.25, 0.3) is 0 Å². The van der Waals surface area contributed by atoms with Crippen molar-refractivity contribution in [3.05, 3.63) is 94.0 Å². The van der Waals surface area contributed by atoms with Gasteiger partial charge >= 0.3 is 0 Å². The number of hydrogen-bond acceptors (Lipinski definition) is 4. The molecule has 0 unspecified atom stereocenters. The van der Waals surface area contributed by atoms with Crippen LogP contribution in [0.3, 0.4) is 0 Å². The number of phenols is 2. The molecule has 0 atom stereocenters. The van der Waals surface area contributed by atoms with E-state index in [-0.39, 0.29) is 11.5 Å². The Morgan fingerprint density at radius 1 is 0.611 bits per heavy atom. The minimum absolute atomic E-state index is 0.236. The molecule has 184 valence electrons. The lowest BCUT2D eigenvalue weighted by molar-refractivity contribution is 0.469. The van der Waals surface area contributed by atoms with Gasteiger partial charge in [-0.25, -0.2) is 0 Å². The maximum atomic E-state index is 10.7. The highest BCUT2D eigenvalue weighted by Gasteiger charge is 2.11. The summed E-state index contributed by atoms with van der Waals surface area (Å²) in [7, 11) is 0. The quantitative estimate of drug-likeness (QED) is 0.272. The molecule has 2 N–H and O–H groups in total. The maximum absolute atomic E-state index is 10.7. The molecule has 4 nitrogen and oxygen atoms in total. The average Bonchev–Trinajstić information content (AvgIpc) is 2.85. The molecule has 0 aliphatic rings. The number of aliphatic imine (C=N–C) groups is 2. The largest absolute Gasteiger partial charge is 0.507 e. The molecular formula is C32H34N2O2. The van der Waals surface area contributed by atoms with Gasteiger partial charge in [-0.1, -0.05) is 64.1 Å². The van der Waals surface area contributed by atoms with Gasteiger partial charge in [0.05, 0.1) is 11.4 Å². The van der Waals surface area contributed by atoms with Crippen LogP contribution in [0.15, 0.2) is 70.6 Å². The number of nitrogens with zero attached hydrogens (tertiary/aromatic N) is 2. The van der Waals surface area contributed by atoms with Gasteiger partial charge in [0.15, 0.2) is 0 Å². The molecule has 4 heteroatoms. The molecule has 0 amide bonds. The maximum Gasteiger partial charge on any atom is 0.127 e. The SMILES string of the molecule is Cc1cc(C(C)C)cc(C=Nc2cc3ccccc3cc2N=Cc2cc(C(C)C)cc(C)c2O)c1O. The third-order valence-electron chi connectivity index (χ3n) is 6.57. The molecular weight excluding hydrogens is 444 g/mol. The van der Waals surface area contributed by atoms with Crippen LogP contribution < -0.4 is 0 Å². The third kappa shape index (κ3) is 5.33. The van der Waals surface area contributed by atoms with E-state index in [2.05, 4.69) is 27.7 Å². The van der Waals surface area contributed by atoms with E-state index in [1.165, 1.54) is 0 Å². The van der Waals surface area contributed by atoms with E-state index < -0.39 is 0 Å². The molecule has 0 saturated heterocycles. The summed E-state index contributed by atoms with van der Waals surface area (Å²) in [5.41, 5.74) is 6.70. The molecule has 0 spiro atoms. The van der Waals surface area contributed by atoms with E-state index in [0.717, 1.165) is 33.0 Å². The van der Waals surface area contributed by atoms with E-state index in [1.54, 1.807) is 12.4 Å². The van der Waals surface area contributed by atoms with Gasteiger partial charge in [0.2, 0.25) is 0 Å². The number of rotatable bonds is 6. The molecule has 4 aromatic carbocycles. The summed E-state index contributed by atoms with van der Waals surface area (Å²) in [6.07, 6.45) is 3.41. The molecule has 0 fully saturated rings. The smallest absolute Gasteiger partial charge is 0.127 e. The summed E-state index contributed by atoms with van der Waals surface area (Å²) in [6.45, 7) is 12.3. The van der Waals surface area contributed by atoms with Crippen LogP contribution in [0, 0.1) is 13.8 Å². The first kappa shape index (κ1) is 25.2. The molecule has 0 saturated carbocycles. The summed E-state index contributed by atoms with van der Waals surface area (Å²) in [5, 5.41) is 23.4. The highest BCUT2D eigenvalue weighted by atomic mass is 16.3. The average molecular weight is 479 g/mol. The van der Waals surface area contributed by atoms with Crippen molar-refractivity contribution >= 4 is 34.6 Å². The fourth-order valence-corrected chi connectivity index (χ4v) is 4.24. The first-order valence-electron chi connectivity index (χ1n) is 12.4. The predicted octanol–water partition coefficient (Wildman–Crippen LogP) is 8.62. The highest BCUT2D eigenvalue weighted by Crippen LogP contribution is 2.35. The molecule has 0 bridgehead atoms. The highest BCUT2D eigenvalue weighted by molar-refractivity contribution is 5.96. The Morgan fingerprint density at radius 2 is 1.00 bits per heavy atom. The van der Waals surface area contributed by atoms with Crippen molar-refractivity contribution in [1.29, 1.82) is 0 Å². The lowest BCUT2D eigenvalue weighted by atomic mass is 9.97. The van der Waals surface area contributed by atoms with Crippen LogP contribution in [0.25, 0.3) is 10.8 Å². The normalized spacial score (nSPS) is 12.1. The van der Waals surface area contributed by atoms with E-state index >= 15 is 0 Å². The van der Waals surface area contributed by atoms with Gasteiger partial charge in [-0.2, -0.15) is 0 Å². The fraction of sp³-hybridized carbons (Fsp3) is 0.250. The van der Waals surface area contributed by atoms with E-state index in [4.69, 9.17) is 9.98 Å². The van der Waals surface area contributed by atoms with Crippen molar-refractivity contribution in [2.75, 3.05) is 0 Å². The summed E-state index contributed by atoms with van der Waals surface area (Å²) in [4.78, 5) is 9.53. The van der Waals surface area contributed by atoms with E-state index in [9.17, 15) is 10.2 Å². The molecule has 0 aromatic heterocycles. The van der Waals surface area contributed by atoms with Crippen molar-refractivity contribution in [3.63, 3.8) is 0 Å². The summed E-state index contributed by atoms with van der Waals surface area (Å²) < 4.78 is 0. The van der Waals surface area contributed by atoms with Crippen molar-refractivity contribution < 1.29 is 10.2 Å². The van der Waals surface area contributed by atoms with Gasteiger partial charge in [0.1, 0.15) is 11.5 Å². The van der Waals surface area contributed by atoms with Gasteiger partial charge < -0.3 is 10.2 Å². The van der Waals surface area contributed by atoms with Gasteiger partial charge in [0, 0.05) is 23.6 Å². The number of benzene rings is 4. The Hall–Kier alpha value is -3.92. The number of aromatic hydroxyl groups is 2. The molecule has 36 heavy (non-hydrogen) atoms. The second-order valence-electron chi connectivity index (χ2n) is 10.1. The Balaban J connectivity index is 1.81. The summed E-state index contributed by atoms with van der Waals surface area (Å²) >= 11 is 0. The summed E-state index contributed by atoms with van der Waals surface area (Å²) in [5.74, 6) is 1.16. The van der Waals surface area contributed by atoms with Crippen molar-refractivity contribution in [1.82, 2.24) is 0 Å². The number of phenolic OH excluding ortho intramolecular Hbond substituents is 2. The van der Waals surface area contributed by atoms with Crippen LogP contribution in [-0.2, 0) is 0 Å². The Morgan fingerprint density at radius 3 is 1.36 bits per heavy atom. The fourth-order valence-electron chi connectivity index (χ4n) is 4.24. The van der Waals surface area contributed by atoms with Crippen molar-refractivity contribution in [2.24, 2.45) is 9.98 Å².